The second kappa shape index (κ2) is 6.73. The van der Waals surface area contributed by atoms with E-state index in [4.69, 9.17) is 4.74 Å². The number of rotatable bonds is 3. The van der Waals surface area contributed by atoms with Crippen LogP contribution in [0.15, 0.2) is 27.9 Å². The Bertz CT molecular complexity index is 513. The summed E-state index contributed by atoms with van der Waals surface area (Å²) >= 11 is 2.22. The first-order valence-corrected chi connectivity index (χ1v) is 6.89. The van der Waals surface area contributed by atoms with Crippen molar-refractivity contribution in [2.45, 2.75) is 20.8 Å². The third kappa shape index (κ3) is 3.45. The number of halogens is 1. The summed E-state index contributed by atoms with van der Waals surface area (Å²) in [4.78, 5) is 11.6. The number of carbonyl (C=O) groups excluding carboxylic acids is 1. The zero-order valence-electron chi connectivity index (χ0n) is 11.1. The maximum absolute atomic E-state index is 11.6. The van der Waals surface area contributed by atoms with Crippen LogP contribution in [-0.4, -0.2) is 13.1 Å². The number of methoxy groups -OCH3 is 1. The minimum atomic E-state index is -0.283. The fourth-order valence-electron chi connectivity index (χ4n) is 1.61. The predicted molar refractivity (Wildman–Crippen MR) is 84.1 cm³/mol. The molecule has 0 heterocycles. The van der Waals surface area contributed by atoms with Crippen molar-refractivity contribution < 1.29 is 9.53 Å². The predicted octanol–water partition coefficient (Wildman–Crippen LogP) is 4.44. The molecule has 3 heteroatoms. The van der Waals surface area contributed by atoms with Crippen molar-refractivity contribution in [2.75, 3.05) is 7.11 Å². The van der Waals surface area contributed by atoms with Gasteiger partial charge in [0.1, 0.15) is 0 Å². The largest absolute Gasteiger partial charge is 0.465 e. The third-order valence-corrected chi connectivity index (χ3v) is 3.91. The molecule has 0 aliphatic carbocycles. The normalized spacial score (nSPS) is 11.9. The van der Waals surface area contributed by atoms with E-state index in [1.807, 2.05) is 37.0 Å². The lowest BCUT2D eigenvalue weighted by Crippen LogP contribution is -2.05. The quantitative estimate of drug-likeness (QED) is 0.455. The molecule has 0 radical (unpaired) electrons. The third-order valence-electron chi connectivity index (χ3n) is 2.93. The van der Waals surface area contributed by atoms with Gasteiger partial charge < -0.3 is 4.74 Å². The van der Waals surface area contributed by atoms with Crippen molar-refractivity contribution in [3.05, 3.63) is 50.1 Å². The molecule has 0 fully saturated rings. The van der Waals surface area contributed by atoms with Crippen molar-refractivity contribution in [3.8, 4) is 0 Å². The smallest absolute Gasteiger partial charge is 0.338 e. The first-order valence-electron chi connectivity index (χ1n) is 5.64. The maximum Gasteiger partial charge on any atom is 0.338 e. The molecule has 0 aromatic heterocycles. The van der Waals surface area contributed by atoms with Crippen molar-refractivity contribution in [1.82, 2.24) is 0 Å². The molecular formula is C15H17IO2. The van der Waals surface area contributed by atoms with Gasteiger partial charge >= 0.3 is 5.97 Å². The fraction of sp³-hybridized carbons (Fsp3) is 0.267. The SMILES string of the molecule is COC(=O)c1ccc(/C=C/C(C)=C/I)c(C)c1C. The van der Waals surface area contributed by atoms with Gasteiger partial charge in [0.15, 0.2) is 0 Å². The average molecular weight is 356 g/mol. The van der Waals surface area contributed by atoms with Crippen LogP contribution in [0.25, 0.3) is 6.08 Å². The van der Waals surface area contributed by atoms with Crippen LogP contribution in [-0.2, 0) is 4.74 Å². The van der Waals surface area contributed by atoms with Crippen LogP contribution in [0, 0.1) is 13.8 Å². The second-order valence-corrected chi connectivity index (χ2v) is 4.75. The molecule has 0 amide bonds. The molecule has 0 aliphatic rings. The van der Waals surface area contributed by atoms with Crippen molar-refractivity contribution in [1.29, 1.82) is 0 Å². The van der Waals surface area contributed by atoms with Gasteiger partial charge in [0.25, 0.3) is 0 Å². The highest BCUT2D eigenvalue weighted by Crippen LogP contribution is 2.20. The fourth-order valence-corrected chi connectivity index (χ4v) is 1.82. The maximum atomic E-state index is 11.6. The van der Waals surface area contributed by atoms with E-state index in [0.29, 0.717) is 5.56 Å². The molecule has 1 aromatic carbocycles. The highest BCUT2D eigenvalue weighted by molar-refractivity contribution is 14.1. The Hall–Kier alpha value is -1.10. The molecular weight excluding hydrogens is 339 g/mol. The van der Waals surface area contributed by atoms with Gasteiger partial charge in [-0.1, -0.05) is 40.8 Å². The molecule has 0 saturated carbocycles. The topological polar surface area (TPSA) is 26.3 Å². The molecule has 0 saturated heterocycles. The summed E-state index contributed by atoms with van der Waals surface area (Å²) in [6.45, 7) is 6.01. The lowest BCUT2D eigenvalue weighted by Gasteiger charge is -2.09. The highest BCUT2D eigenvalue weighted by Gasteiger charge is 2.11. The summed E-state index contributed by atoms with van der Waals surface area (Å²) < 4.78 is 6.79. The summed E-state index contributed by atoms with van der Waals surface area (Å²) in [6, 6.07) is 3.77. The molecule has 0 spiro atoms. The molecule has 1 rings (SSSR count). The van der Waals surface area contributed by atoms with E-state index in [2.05, 4.69) is 34.7 Å². The molecule has 2 nitrogen and oxygen atoms in total. The molecule has 0 unspecified atom stereocenters. The summed E-state index contributed by atoms with van der Waals surface area (Å²) in [5.74, 6) is -0.283. The van der Waals surface area contributed by atoms with Gasteiger partial charge in [0.2, 0.25) is 0 Å². The standard InChI is InChI=1S/C15H17IO2/c1-10(9-16)5-6-13-7-8-14(15(17)18-4)12(3)11(13)2/h5-9H,1-4H3/b6-5+,10-9+. The minimum Gasteiger partial charge on any atom is -0.465 e. The van der Waals surface area contributed by atoms with E-state index in [9.17, 15) is 4.79 Å². The van der Waals surface area contributed by atoms with Crippen LogP contribution < -0.4 is 0 Å². The van der Waals surface area contributed by atoms with Crippen molar-refractivity contribution in [2.24, 2.45) is 0 Å². The molecule has 96 valence electrons. The van der Waals surface area contributed by atoms with Gasteiger partial charge in [0.05, 0.1) is 12.7 Å². The Labute approximate surface area is 122 Å². The number of hydrogen-bond acceptors (Lipinski definition) is 2. The number of carbonyl (C=O) groups is 1. The van der Waals surface area contributed by atoms with Crippen LogP contribution in [0.3, 0.4) is 0 Å². The van der Waals surface area contributed by atoms with E-state index in [-0.39, 0.29) is 5.97 Å². The highest BCUT2D eigenvalue weighted by atomic mass is 127. The number of esters is 1. The van der Waals surface area contributed by atoms with Crippen molar-refractivity contribution in [3.63, 3.8) is 0 Å². The van der Waals surface area contributed by atoms with Crippen molar-refractivity contribution >= 4 is 34.6 Å². The zero-order valence-corrected chi connectivity index (χ0v) is 13.2. The van der Waals surface area contributed by atoms with Gasteiger partial charge in [-0.2, -0.15) is 0 Å². The van der Waals surface area contributed by atoms with E-state index in [1.54, 1.807) is 0 Å². The Morgan fingerprint density at radius 3 is 2.50 bits per heavy atom. The molecule has 0 N–H and O–H groups in total. The second-order valence-electron chi connectivity index (χ2n) is 4.13. The number of allylic oxidation sites excluding steroid dienone is 2. The molecule has 0 bridgehead atoms. The summed E-state index contributed by atoms with van der Waals surface area (Å²) in [6.07, 6.45) is 4.12. The first kappa shape index (κ1) is 15.0. The van der Waals surface area contributed by atoms with Gasteiger partial charge in [-0.15, -0.1) is 0 Å². The van der Waals surface area contributed by atoms with Crippen LogP contribution in [0.4, 0.5) is 0 Å². The number of benzene rings is 1. The lowest BCUT2D eigenvalue weighted by atomic mass is 9.97. The zero-order chi connectivity index (χ0) is 13.7. The average Bonchev–Trinajstić information content (AvgIpc) is 2.39. The molecule has 1 aromatic rings. The van der Waals surface area contributed by atoms with Crippen LogP contribution in [0.1, 0.15) is 34.0 Å². The van der Waals surface area contributed by atoms with Gasteiger partial charge in [-0.05, 0) is 53.2 Å². The minimum absolute atomic E-state index is 0.283. The Balaban J connectivity index is 3.16. The summed E-state index contributed by atoms with van der Waals surface area (Å²) in [7, 11) is 1.40. The Morgan fingerprint density at radius 1 is 1.28 bits per heavy atom. The molecule has 0 aliphatic heterocycles. The Kier molecular flexibility index (Phi) is 5.59. The van der Waals surface area contributed by atoms with E-state index >= 15 is 0 Å². The van der Waals surface area contributed by atoms with Gasteiger partial charge in [-0.3, -0.25) is 0 Å². The molecule has 18 heavy (non-hydrogen) atoms. The Morgan fingerprint density at radius 2 is 1.94 bits per heavy atom. The first-order chi connectivity index (χ1) is 8.51. The summed E-state index contributed by atoms with van der Waals surface area (Å²) in [5, 5.41) is 0. The lowest BCUT2D eigenvalue weighted by molar-refractivity contribution is 0.0600. The van der Waals surface area contributed by atoms with Crippen LogP contribution in [0.2, 0.25) is 0 Å². The van der Waals surface area contributed by atoms with Gasteiger partial charge in [-0.25, -0.2) is 4.79 Å². The van der Waals surface area contributed by atoms with E-state index < -0.39 is 0 Å². The van der Waals surface area contributed by atoms with Crippen LogP contribution >= 0.6 is 22.6 Å². The number of hydrogen-bond donors (Lipinski definition) is 0. The molecule has 0 atom stereocenters. The van der Waals surface area contributed by atoms with Crippen LogP contribution in [0.5, 0.6) is 0 Å². The summed E-state index contributed by atoms with van der Waals surface area (Å²) in [5.41, 5.74) is 5.03. The number of ether oxygens (including phenoxy) is 1. The van der Waals surface area contributed by atoms with Gasteiger partial charge in [0, 0.05) is 0 Å². The monoisotopic (exact) mass is 356 g/mol. The van der Waals surface area contributed by atoms with E-state index in [1.165, 1.54) is 12.7 Å². The van der Waals surface area contributed by atoms with E-state index in [0.717, 1.165) is 16.7 Å².